The van der Waals surface area contributed by atoms with Crippen LogP contribution in [0, 0.1) is 11.3 Å². The zero-order valence-corrected chi connectivity index (χ0v) is 14.2. The summed E-state index contributed by atoms with van der Waals surface area (Å²) < 4.78 is 6.98. The molecule has 0 spiro atoms. The Bertz CT molecular complexity index is 997. The van der Waals surface area contributed by atoms with Crippen LogP contribution in [-0.2, 0) is 23.0 Å². The van der Waals surface area contributed by atoms with E-state index in [1.807, 2.05) is 35.9 Å². The number of nitrogens with one attached hydrogen (secondary N) is 1. The maximum absolute atomic E-state index is 12.3. The lowest BCUT2D eigenvalue weighted by molar-refractivity contribution is -0.119. The molecule has 26 heavy (non-hydrogen) atoms. The number of hydrogen-bond acceptors (Lipinski definition) is 4. The standard InChI is InChI=1S/C20H17N3O3/c1-23-12-17(16-4-2-3-5-18(16)23)20(25)26-13-19(24)22-15-8-6-14(7-9-15)10-11-21/h2-9,12H,10,13H2,1H3,(H,22,24). The number of esters is 1. The topological polar surface area (TPSA) is 84.1 Å². The molecule has 0 saturated heterocycles. The van der Waals surface area contributed by atoms with E-state index in [2.05, 4.69) is 11.4 Å². The van der Waals surface area contributed by atoms with E-state index in [0.717, 1.165) is 16.5 Å². The molecule has 0 aliphatic carbocycles. The molecule has 0 atom stereocenters. The van der Waals surface area contributed by atoms with E-state index in [-0.39, 0.29) is 6.61 Å². The van der Waals surface area contributed by atoms with Crippen molar-refractivity contribution in [2.24, 2.45) is 7.05 Å². The zero-order valence-electron chi connectivity index (χ0n) is 14.2. The Labute approximate surface area is 150 Å². The first-order valence-electron chi connectivity index (χ1n) is 8.05. The third kappa shape index (κ3) is 3.73. The lowest BCUT2D eigenvalue weighted by Gasteiger charge is -2.07. The fourth-order valence-electron chi connectivity index (χ4n) is 2.71. The van der Waals surface area contributed by atoms with Crippen LogP contribution in [0.15, 0.2) is 54.7 Å². The highest BCUT2D eigenvalue weighted by Gasteiger charge is 2.16. The monoisotopic (exact) mass is 347 g/mol. The number of ether oxygens (including phenoxy) is 1. The maximum Gasteiger partial charge on any atom is 0.340 e. The van der Waals surface area contributed by atoms with Gasteiger partial charge in [-0.25, -0.2) is 4.79 Å². The molecule has 0 radical (unpaired) electrons. The molecule has 0 aliphatic heterocycles. The highest BCUT2D eigenvalue weighted by molar-refractivity contribution is 6.05. The Morgan fingerprint density at radius 2 is 1.88 bits per heavy atom. The molecule has 2 aromatic carbocycles. The minimum absolute atomic E-state index is 0.316. The number of carbonyl (C=O) groups is 2. The van der Waals surface area contributed by atoms with Crippen molar-refractivity contribution >= 4 is 28.5 Å². The summed E-state index contributed by atoms with van der Waals surface area (Å²) in [5.74, 6) is -0.965. The smallest absolute Gasteiger partial charge is 0.340 e. The highest BCUT2D eigenvalue weighted by atomic mass is 16.5. The summed E-state index contributed by atoms with van der Waals surface area (Å²) in [6, 6.07) is 16.5. The van der Waals surface area contributed by atoms with Crippen molar-refractivity contribution < 1.29 is 14.3 Å². The number of carbonyl (C=O) groups excluding carboxylic acids is 2. The minimum Gasteiger partial charge on any atom is -0.452 e. The zero-order chi connectivity index (χ0) is 18.5. The van der Waals surface area contributed by atoms with Gasteiger partial charge >= 0.3 is 5.97 Å². The van der Waals surface area contributed by atoms with Gasteiger partial charge in [-0.3, -0.25) is 4.79 Å². The van der Waals surface area contributed by atoms with Crippen molar-refractivity contribution in [3.8, 4) is 6.07 Å². The van der Waals surface area contributed by atoms with E-state index in [4.69, 9.17) is 10.00 Å². The quantitative estimate of drug-likeness (QED) is 0.719. The van der Waals surface area contributed by atoms with E-state index in [1.165, 1.54) is 0 Å². The second-order valence-electron chi connectivity index (χ2n) is 5.83. The van der Waals surface area contributed by atoms with Gasteiger partial charge < -0.3 is 14.6 Å². The summed E-state index contributed by atoms with van der Waals surface area (Å²) in [6.07, 6.45) is 2.01. The van der Waals surface area contributed by atoms with Gasteiger partial charge in [0.15, 0.2) is 6.61 Å². The van der Waals surface area contributed by atoms with E-state index >= 15 is 0 Å². The third-order valence-corrected chi connectivity index (χ3v) is 3.97. The van der Waals surface area contributed by atoms with Crippen molar-refractivity contribution in [2.45, 2.75) is 6.42 Å². The fraction of sp³-hybridized carbons (Fsp3) is 0.150. The van der Waals surface area contributed by atoms with Crippen LogP contribution in [0.2, 0.25) is 0 Å². The van der Waals surface area contributed by atoms with Crippen molar-refractivity contribution in [2.75, 3.05) is 11.9 Å². The number of fused-ring (bicyclic) bond motifs is 1. The average molecular weight is 347 g/mol. The summed E-state index contributed by atoms with van der Waals surface area (Å²) in [6.45, 7) is -0.373. The molecule has 0 fully saturated rings. The molecule has 0 saturated carbocycles. The number of amides is 1. The predicted molar refractivity (Wildman–Crippen MR) is 97.6 cm³/mol. The molecule has 130 valence electrons. The molecule has 1 N–H and O–H groups in total. The first-order valence-corrected chi connectivity index (χ1v) is 8.05. The largest absolute Gasteiger partial charge is 0.452 e. The van der Waals surface area contributed by atoms with Gasteiger partial charge in [0.25, 0.3) is 5.91 Å². The first kappa shape index (κ1) is 17.2. The Kier molecular flexibility index (Phi) is 4.99. The van der Waals surface area contributed by atoms with Gasteiger partial charge in [0.2, 0.25) is 0 Å². The van der Waals surface area contributed by atoms with Crippen LogP contribution >= 0.6 is 0 Å². The second-order valence-corrected chi connectivity index (χ2v) is 5.83. The Hall–Kier alpha value is -3.59. The van der Waals surface area contributed by atoms with Gasteiger partial charge in [-0.2, -0.15) is 5.26 Å². The van der Waals surface area contributed by atoms with Crippen LogP contribution in [0.25, 0.3) is 10.9 Å². The third-order valence-electron chi connectivity index (χ3n) is 3.97. The summed E-state index contributed by atoms with van der Waals surface area (Å²) in [5.41, 5.74) is 2.80. The first-order chi connectivity index (χ1) is 12.6. The van der Waals surface area contributed by atoms with Crippen LogP contribution < -0.4 is 5.32 Å². The number of aryl methyl sites for hydroxylation is 1. The van der Waals surface area contributed by atoms with E-state index in [0.29, 0.717) is 17.7 Å². The molecule has 6 heteroatoms. The molecule has 0 unspecified atom stereocenters. The molecule has 1 aromatic heterocycles. The summed E-state index contributed by atoms with van der Waals surface area (Å²) in [5, 5.41) is 12.1. The van der Waals surface area contributed by atoms with Crippen molar-refractivity contribution in [3.05, 3.63) is 65.9 Å². The molecular formula is C20H17N3O3. The summed E-state index contributed by atoms with van der Waals surface area (Å²) in [4.78, 5) is 24.3. The minimum atomic E-state index is -0.540. The van der Waals surface area contributed by atoms with Gasteiger partial charge in [-0.1, -0.05) is 30.3 Å². The predicted octanol–water partition coefficient (Wildman–Crippen LogP) is 3.04. The van der Waals surface area contributed by atoms with Gasteiger partial charge in [0.1, 0.15) is 0 Å². The molecular weight excluding hydrogens is 330 g/mol. The molecule has 1 heterocycles. The number of hydrogen-bond donors (Lipinski definition) is 1. The number of aromatic nitrogens is 1. The molecule has 3 rings (SSSR count). The second kappa shape index (κ2) is 7.53. The Morgan fingerprint density at radius 1 is 1.15 bits per heavy atom. The fourth-order valence-corrected chi connectivity index (χ4v) is 2.71. The number of nitrogens with zero attached hydrogens (tertiary/aromatic N) is 2. The summed E-state index contributed by atoms with van der Waals surface area (Å²) >= 11 is 0. The molecule has 0 bridgehead atoms. The number of para-hydroxylation sites is 1. The number of benzene rings is 2. The lowest BCUT2D eigenvalue weighted by atomic mass is 10.1. The van der Waals surface area contributed by atoms with Gasteiger partial charge in [0, 0.05) is 29.8 Å². The number of nitriles is 1. The Balaban J connectivity index is 1.60. The molecule has 3 aromatic rings. The Morgan fingerprint density at radius 3 is 2.62 bits per heavy atom. The van der Waals surface area contributed by atoms with Gasteiger partial charge in [-0.05, 0) is 23.8 Å². The normalized spacial score (nSPS) is 10.3. The van der Waals surface area contributed by atoms with Crippen LogP contribution in [0.5, 0.6) is 0 Å². The van der Waals surface area contributed by atoms with Crippen LogP contribution in [0.3, 0.4) is 0 Å². The van der Waals surface area contributed by atoms with Crippen LogP contribution in [0.4, 0.5) is 5.69 Å². The van der Waals surface area contributed by atoms with E-state index < -0.39 is 11.9 Å². The van der Waals surface area contributed by atoms with Crippen molar-refractivity contribution in [1.29, 1.82) is 5.26 Å². The molecule has 6 nitrogen and oxygen atoms in total. The average Bonchev–Trinajstić information content (AvgIpc) is 2.99. The highest BCUT2D eigenvalue weighted by Crippen LogP contribution is 2.21. The number of rotatable bonds is 5. The summed E-state index contributed by atoms with van der Waals surface area (Å²) in [7, 11) is 1.85. The van der Waals surface area contributed by atoms with E-state index in [9.17, 15) is 9.59 Å². The van der Waals surface area contributed by atoms with Crippen molar-refractivity contribution in [1.82, 2.24) is 4.57 Å². The van der Waals surface area contributed by atoms with Crippen LogP contribution in [0.1, 0.15) is 15.9 Å². The van der Waals surface area contributed by atoms with Gasteiger partial charge in [-0.15, -0.1) is 0 Å². The van der Waals surface area contributed by atoms with E-state index in [1.54, 1.807) is 30.5 Å². The SMILES string of the molecule is Cn1cc(C(=O)OCC(=O)Nc2ccc(CC#N)cc2)c2ccccc21. The lowest BCUT2D eigenvalue weighted by Crippen LogP contribution is -2.20. The van der Waals surface area contributed by atoms with Gasteiger partial charge in [0.05, 0.1) is 18.1 Å². The maximum atomic E-state index is 12.3. The van der Waals surface area contributed by atoms with Crippen molar-refractivity contribution in [3.63, 3.8) is 0 Å². The number of anilines is 1. The molecule has 1 amide bonds. The van der Waals surface area contributed by atoms with Crippen LogP contribution in [-0.4, -0.2) is 23.1 Å². The molecule has 0 aliphatic rings.